The van der Waals surface area contributed by atoms with Gasteiger partial charge in [0.25, 0.3) is 0 Å². The van der Waals surface area contributed by atoms with Crippen molar-refractivity contribution in [1.29, 1.82) is 0 Å². The monoisotopic (exact) mass is 299 g/mol. The van der Waals surface area contributed by atoms with Crippen molar-refractivity contribution in [2.24, 2.45) is 0 Å². The van der Waals surface area contributed by atoms with Gasteiger partial charge in [0.2, 0.25) is 4.84 Å². The SMILES string of the molecule is CNC(=O)Oc1ccccc1OC(F)(F)C(Cl)Cl. The smallest absolute Gasteiger partial charge is 0.427 e. The van der Waals surface area contributed by atoms with Crippen molar-refractivity contribution >= 4 is 29.3 Å². The van der Waals surface area contributed by atoms with Gasteiger partial charge >= 0.3 is 12.2 Å². The average molecular weight is 300 g/mol. The third kappa shape index (κ3) is 3.89. The molecule has 0 fully saturated rings. The van der Waals surface area contributed by atoms with E-state index >= 15 is 0 Å². The summed E-state index contributed by atoms with van der Waals surface area (Å²) in [5.74, 6) is -0.525. The van der Waals surface area contributed by atoms with Crippen molar-refractivity contribution in [3.8, 4) is 11.5 Å². The lowest BCUT2D eigenvalue weighted by atomic mass is 10.3. The van der Waals surface area contributed by atoms with Crippen LogP contribution in [0.1, 0.15) is 0 Å². The molecule has 8 heteroatoms. The summed E-state index contributed by atoms with van der Waals surface area (Å²) in [4.78, 5) is 8.95. The molecule has 0 atom stereocenters. The molecule has 0 heterocycles. The summed E-state index contributed by atoms with van der Waals surface area (Å²) in [6.45, 7) is 0. The Bertz CT molecular complexity index is 429. The first-order valence-corrected chi connectivity index (χ1v) is 5.57. The molecule has 0 aliphatic carbocycles. The Morgan fingerprint density at radius 3 is 2.39 bits per heavy atom. The standard InChI is InChI=1S/C10H9Cl2F2NO3/c1-15-9(16)17-6-4-2-3-5-7(6)18-10(13,14)8(11)12/h2-5,8H,1H3,(H,15,16). The van der Waals surface area contributed by atoms with Gasteiger partial charge in [0.15, 0.2) is 11.5 Å². The molecule has 0 saturated heterocycles. The van der Waals surface area contributed by atoms with E-state index in [2.05, 4.69) is 10.1 Å². The Hall–Kier alpha value is -1.27. The summed E-state index contributed by atoms with van der Waals surface area (Å²) in [7, 11) is 1.33. The highest BCUT2D eigenvalue weighted by Crippen LogP contribution is 2.35. The molecule has 0 radical (unpaired) electrons. The van der Waals surface area contributed by atoms with Crippen LogP contribution in [0.3, 0.4) is 0 Å². The van der Waals surface area contributed by atoms with Crippen molar-refractivity contribution in [2.45, 2.75) is 10.9 Å². The van der Waals surface area contributed by atoms with E-state index in [9.17, 15) is 13.6 Å². The molecular weight excluding hydrogens is 291 g/mol. The molecule has 1 aromatic carbocycles. The molecule has 0 spiro atoms. The largest absolute Gasteiger partial charge is 0.428 e. The molecule has 1 N–H and O–H groups in total. The van der Waals surface area contributed by atoms with E-state index in [0.29, 0.717) is 0 Å². The van der Waals surface area contributed by atoms with Crippen LogP contribution in [0.15, 0.2) is 24.3 Å². The molecule has 100 valence electrons. The van der Waals surface area contributed by atoms with Gasteiger partial charge in [-0.25, -0.2) is 4.79 Å². The molecule has 18 heavy (non-hydrogen) atoms. The molecule has 1 aromatic rings. The second-order valence-corrected chi connectivity index (χ2v) is 4.15. The third-order valence-corrected chi connectivity index (χ3v) is 2.26. The minimum Gasteiger partial charge on any atom is -0.427 e. The fourth-order valence-corrected chi connectivity index (χ4v) is 1.05. The maximum atomic E-state index is 13.2. The van der Waals surface area contributed by atoms with Crippen LogP contribution >= 0.6 is 23.2 Å². The Morgan fingerprint density at radius 2 is 1.89 bits per heavy atom. The molecule has 4 nitrogen and oxygen atoms in total. The Labute approximate surface area is 112 Å². The van der Waals surface area contributed by atoms with Crippen LogP contribution in [-0.2, 0) is 0 Å². The van der Waals surface area contributed by atoms with E-state index in [0.717, 1.165) is 0 Å². The summed E-state index contributed by atoms with van der Waals surface area (Å²) in [5.41, 5.74) is 0. The molecule has 0 aromatic heterocycles. The van der Waals surface area contributed by atoms with Crippen LogP contribution in [0, 0.1) is 0 Å². The van der Waals surface area contributed by atoms with Crippen molar-refractivity contribution in [2.75, 3.05) is 7.05 Å². The van der Waals surface area contributed by atoms with Gasteiger partial charge in [-0.15, -0.1) is 0 Å². The zero-order chi connectivity index (χ0) is 13.8. The molecule has 0 saturated carbocycles. The third-order valence-electron chi connectivity index (χ3n) is 1.76. The number of carbonyl (C=O) groups is 1. The lowest BCUT2D eigenvalue weighted by Gasteiger charge is -2.20. The molecule has 0 unspecified atom stereocenters. The first-order chi connectivity index (χ1) is 8.36. The van der Waals surface area contributed by atoms with E-state index in [-0.39, 0.29) is 11.5 Å². The van der Waals surface area contributed by atoms with Gasteiger partial charge in [-0.1, -0.05) is 35.3 Å². The van der Waals surface area contributed by atoms with E-state index in [1.165, 1.54) is 31.3 Å². The van der Waals surface area contributed by atoms with E-state index in [1.54, 1.807) is 0 Å². The normalized spacial score (nSPS) is 11.2. The van der Waals surface area contributed by atoms with Crippen LogP contribution in [0.25, 0.3) is 0 Å². The van der Waals surface area contributed by atoms with Crippen LogP contribution in [0.4, 0.5) is 13.6 Å². The van der Waals surface area contributed by atoms with Crippen LogP contribution in [0.5, 0.6) is 11.5 Å². The highest BCUT2D eigenvalue weighted by molar-refractivity contribution is 6.44. The van der Waals surface area contributed by atoms with E-state index in [4.69, 9.17) is 27.9 Å². The maximum Gasteiger partial charge on any atom is 0.428 e. The summed E-state index contributed by atoms with van der Waals surface area (Å²) < 4.78 is 35.4. The number of rotatable bonds is 4. The number of hydrogen-bond donors (Lipinski definition) is 1. The molecular formula is C10H9Cl2F2NO3. The summed E-state index contributed by atoms with van der Waals surface area (Å²) in [6.07, 6.45) is -4.62. The number of hydrogen-bond acceptors (Lipinski definition) is 3. The summed E-state index contributed by atoms with van der Waals surface area (Å²) in [5, 5.41) is 2.17. The Balaban J connectivity index is 2.92. The Morgan fingerprint density at radius 1 is 1.33 bits per heavy atom. The molecule has 0 aliphatic rings. The number of ether oxygens (including phenoxy) is 2. The number of halogens is 4. The Kier molecular flexibility index (Phi) is 4.98. The van der Waals surface area contributed by atoms with Crippen molar-refractivity contribution in [3.63, 3.8) is 0 Å². The van der Waals surface area contributed by atoms with Gasteiger partial charge in [0.1, 0.15) is 0 Å². The highest BCUT2D eigenvalue weighted by Gasteiger charge is 2.41. The number of nitrogens with one attached hydrogen (secondary N) is 1. The number of para-hydroxylation sites is 2. The lowest BCUT2D eigenvalue weighted by Crippen LogP contribution is -2.32. The minimum absolute atomic E-state index is 0.175. The lowest BCUT2D eigenvalue weighted by molar-refractivity contribution is -0.164. The average Bonchev–Trinajstić information content (AvgIpc) is 2.31. The fraction of sp³-hybridized carbons (Fsp3) is 0.300. The van der Waals surface area contributed by atoms with E-state index in [1.807, 2.05) is 0 Å². The van der Waals surface area contributed by atoms with Gasteiger partial charge in [0.05, 0.1) is 0 Å². The molecule has 0 aliphatic heterocycles. The molecule has 1 rings (SSSR count). The van der Waals surface area contributed by atoms with E-state index < -0.39 is 17.0 Å². The second-order valence-electron chi connectivity index (χ2n) is 3.05. The van der Waals surface area contributed by atoms with Crippen LogP contribution in [0.2, 0.25) is 0 Å². The molecule has 1 amide bonds. The number of amides is 1. The first-order valence-electron chi connectivity index (χ1n) is 4.70. The first kappa shape index (κ1) is 14.8. The number of alkyl halides is 4. The topological polar surface area (TPSA) is 47.6 Å². The summed E-state index contributed by atoms with van der Waals surface area (Å²) in [6, 6.07) is 5.40. The predicted molar refractivity (Wildman–Crippen MR) is 62.6 cm³/mol. The van der Waals surface area contributed by atoms with Crippen molar-refractivity contribution in [3.05, 3.63) is 24.3 Å². The number of benzene rings is 1. The van der Waals surface area contributed by atoms with Gasteiger partial charge < -0.3 is 14.8 Å². The minimum atomic E-state index is -3.80. The van der Waals surface area contributed by atoms with Gasteiger partial charge in [-0.05, 0) is 12.1 Å². The summed E-state index contributed by atoms with van der Waals surface area (Å²) >= 11 is 10.2. The maximum absolute atomic E-state index is 13.2. The number of carbonyl (C=O) groups excluding carboxylic acids is 1. The zero-order valence-corrected chi connectivity index (χ0v) is 10.6. The van der Waals surface area contributed by atoms with Crippen LogP contribution in [-0.4, -0.2) is 24.1 Å². The fourth-order valence-electron chi connectivity index (χ4n) is 0.961. The predicted octanol–water partition coefficient (Wildman–Crippen LogP) is 3.18. The van der Waals surface area contributed by atoms with Gasteiger partial charge in [-0.2, -0.15) is 8.78 Å². The van der Waals surface area contributed by atoms with Crippen molar-refractivity contribution in [1.82, 2.24) is 5.32 Å². The van der Waals surface area contributed by atoms with Crippen molar-refractivity contribution < 1.29 is 23.0 Å². The highest BCUT2D eigenvalue weighted by atomic mass is 35.5. The molecule has 0 bridgehead atoms. The quantitative estimate of drug-likeness (QED) is 0.869. The van der Waals surface area contributed by atoms with Crippen LogP contribution < -0.4 is 14.8 Å². The second kappa shape index (κ2) is 6.06. The van der Waals surface area contributed by atoms with Gasteiger partial charge in [-0.3, -0.25) is 0 Å². The zero-order valence-electron chi connectivity index (χ0n) is 9.12. The van der Waals surface area contributed by atoms with Gasteiger partial charge in [0, 0.05) is 7.05 Å².